The molecule has 1 saturated heterocycles. The highest BCUT2D eigenvalue weighted by Crippen LogP contribution is 2.23. The molecule has 1 heterocycles. The van der Waals surface area contributed by atoms with Gasteiger partial charge in [0, 0.05) is 19.7 Å². The largest absolute Gasteiger partial charge is 0.395 e. The molecular formula is C8H17NO2S. The second-order valence-corrected chi connectivity index (χ2v) is 3.89. The van der Waals surface area contributed by atoms with E-state index in [2.05, 4.69) is 4.31 Å². The molecular weight excluding hydrogens is 174 g/mol. The highest BCUT2D eigenvalue weighted by Gasteiger charge is 2.26. The zero-order chi connectivity index (χ0) is 8.97. The molecule has 0 saturated carbocycles. The molecule has 0 aromatic carbocycles. The summed E-state index contributed by atoms with van der Waals surface area (Å²) >= 11 is 1.69. The first-order chi connectivity index (χ1) is 5.81. The van der Waals surface area contributed by atoms with Gasteiger partial charge in [-0.2, -0.15) is 0 Å². The van der Waals surface area contributed by atoms with Gasteiger partial charge >= 0.3 is 0 Å². The van der Waals surface area contributed by atoms with Crippen LogP contribution in [0.5, 0.6) is 0 Å². The lowest BCUT2D eigenvalue weighted by Gasteiger charge is -2.36. The Kier molecular flexibility index (Phi) is 4.35. The van der Waals surface area contributed by atoms with E-state index in [1.165, 1.54) is 0 Å². The van der Waals surface area contributed by atoms with E-state index >= 15 is 0 Å². The van der Waals surface area contributed by atoms with Crippen molar-refractivity contribution < 1.29 is 9.84 Å². The predicted molar refractivity (Wildman–Crippen MR) is 51.1 cm³/mol. The van der Waals surface area contributed by atoms with Gasteiger partial charge in [0.05, 0.1) is 12.7 Å². The van der Waals surface area contributed by atoms with Crippen LogP contribution < -0.4 is 0 Å². The minimum atomic E-state index is 0.261. The van der Waals surface area contributed by atoms with Crippen LogP contribution in [0.15, 0.2) is 0 Å². The molecule has 0 amide bonds. The van der Waals surface area contributed by atoms with E-state index in [1.54, 1.807) is 19.1 Å². The number of methoxy groups -OCH3 is 1. The molecule has 2 atom stereocenters. The summed E-state index contributed by atoms with van der Waals surface area (Å²) in [6.07, 6.45) is 4.50. The summed E-state index contributed by atoms with van der Waals surface area (Å²) in [7, 11) is 1.75. The first-order valence-corrected chi connectivity index (χ1v) is 5.44. The van der Waals surface area contributed by atoms with Crippen LogP contribution in [-0.4, -0.2) is 48.1 Å². The summed E-state index contributed by atoms with van der Waals surface area (Å²) in [5, 5.41) is 9.06. The van der Waals surface area contributed by atoms with Gasteiger partial charge in [0.1, 0.15) is 0 Å². The lowest BCUT2D eigenvalue weighted by Crippen LogP contribution is -2.43. The molecule has 0 aliphatic carbocycles. The number of aliphatic hydroxyl groups is 1. The van der Waals surface area contributed by atoms with Crippen molar-refractivity contribution in [1.29, 1.82) is 0 Å². The summed E-state index contributed by atoms with van der Waals surface area (Å²) in [4.78, 5) is 0. The monoisotopic (exact) mass is 191 g/mol. The summed E-state index contributed by atoms with van der Waals surface area (Å²) in [5.74, 6) is 0. The quantitative estimate of drug-likeness (QED) is 0.667. The minimum absolute atomic E-state index is 0.261. The van der Waals surface area contributed by atoms with Crippen LogP contribution in [0.4, 0.5) is 0 Å². The van der Waals surface area contributed by atoms with Gasteiger partial charge in [-0.1, -0.05) is 11.9 Å². The van der Waals surface area contributed by atoms with Crippen molar-refractivity contribution in [1.82, 2.24) is 4.31 Å². The Labute approximate surface area is 78.2 Å². The molecule has 4 heteroatoms. The van der Waals surface area contributed by atoms with Crippen molar-refractivity contribution >= 4 is 11.9 Å². The maximum absolute atomic E-state index is 9.06. The second kappa shape index (κ2) is 5.07. The Hall–Kier alpha value is 0.230. The van der Waals surface area contributed by atoms with Gasteiger partial charge in [-0.3, -0.25) is 0 Å². The third-order valence-corrected chi connectivity index (χ3v) is 3.31. The first kappa shape index (κ1) is 10.3. The smallest absolute Gasteiger partial charge is 0.0708 e. The van der Waals surface area contributed by atoms with E-state index in [0.717, 1.165) is 19.4 Å². The standard InChI is InChI=1S/C8H17NO2S/c1-11-8-4-3-7(6-10)9(5-8)12-2/h7-8,10H,3-6H2,1-2H3. The minimum Gasteiger partial charge on any atom is -0.395 e. The van der Waals surface area contributed by atoms with Crippen LogP contribution in [0, 0.1) is 0 Å². The number of rotatable bonds is 3. The van der Waals surface area contributed by atoms with Gasteiger partial charge in [0.2, 0.25) is 0 Å². The van der Waals surface area contributed by atoms with Gasteiger partial charge in [0.15, 0.2) is 0 Å². The van der Waals surface area contributed by atoms with Crippen LogP contribution in [0.2, 0.25) is 0 Å². The number of piperidine rings is 1. The summed E-state index contributed by atoms with van der Waals surface area (Å²) in [6, 6.07) is 0.325. The molecule has 0 aromatic rings. The predicted octanol–water partition coefficient (Wildman–Crippen LogP) is 0.736. The molecule has 1 fully saturated rings. The van der Waals surface area contributed by atoms with E-state index in [4.69, 9.17) is 9.84 Å². The molecule has 12 heavy (non-hydrogen) atoms. The summed E-state index contributed by atoms with van der Waals surface area (Å²) < 4.78 is 7.49. The fourth-order valence-corrected chi connectivity index (χ4v) is 2.35. The maximum Gasteiger partial charge on any atom is 0.0708 e. The Bertz CT molecular complexity index is 134. The van der Waals surface area contributed by atoms with E-state index in [0.29, 0.717) is 12.1 Å². The van der Waals surface area contributed by atoms with E-state index in [1.807, 2.05) is 6.26 Å². The lowest BCUT2D eigenvalue weighted by molar-refractivity contribution is 0.0302. The van der Waals surface area contributed by atoms with Gasteiger partial charge in [0.25, 0.3) is 0 Å². The Balaban J connectivity index is 2.41. The molecule has 0 bridgehead atoms. The third kappa shape index (κ3) is 2.36. The zero-order valence-corrected chi connectivity index (χ0v) is 8.51. The molecule has 2 unspecified atom stereocenters. The molecule has 0 radical (unpaired) electrons. The average Bonchev–Trinajstić information content (AvgIpc) is 2.16. The highest BCUT2D eigenvalue weighted by atomic mass is 32.2. The number of hydrogen-bond acceptors (Lipinski definition) is 4. The van der Waals surface area contributed by atoms with Crippen LogP contribution >= 0.6 is 11.9 Å². The van der Waals surface area contributed by atoms with Gasteiger partial charge in [-0.05, 0) is 19.1 Å². The van der Waals surface area contributed by atoms with Gasteiger partial charge in [-0.15, -0.1) is 0 Å². The van der Waals surface area contributed by atoms with Gasteiger partial charge in [-0.25, -0.2) is 4.31 Å². The molecule has 1 aliphatic rings. The molecule has 72 valence electrons. The number of ether oxygens (including phenoxy) is 1. The molecule has 1 rings (SSSR count). The second-order valence-electron chi connectivity index (χ2n) is 3.05. The SMILES string of the molecule is COC1CCC(CO)N(SC)C1. The third-order valence-electron chi connectivity index (χ3n) is 2.39. The van der Waals surface area contributed by atoms with E-state index in [9.17, 15) is 0 Å². The molecule has 0 aromatic heterocycles. The average molecular weight is 191 g/mol. The Morgan fingerprint density at radius 1 is 1.58 bits per heavy atom. The van der Waals surface area contributed by atoms with Crippen molar-refractivity contribution in [3.63, 3.8) is 0 Å². The number of nitrogens with zero attached hydrogens (tertiary/aromatic N) is 1. The Morgan fingerprint density at radius 2 is 2.33 bits per heavy atom. The lowest BCUT2D eigenvalue weighted by atomic mass is 10.0. The van der Waals surface area contributed by atoms with Crippen LogP contribution in [-0.2, 0) is 4.74 Å². The Morgan fingerprint density at radius 3 is 2.83 bits per heavy atom. The fraction of sp³-hybridized carbons (Fsp3) is 1.00. The van der Waals surface area contributed by atoms with Crippen molar-refractivity contribution in [2.45, 2.75) is 25.0 Å². The fourth-order valence-electron chi connectivity index (χ4n) is 1.56. The van der Waals surface area contributed by atoms with Crippen molar-refractivity contribution in [3.8, 4) is 0 Å². The van der Waals surface area contributed by atoms with E-state index in [-0.39, 0.29) is 6.61 Å². The number of hydrogen-bond donors (Lipinski definition) is 1. The zero-order valence-electron chi connectivity index (χ0n) is 7.69. The van der Waals surface area contributed by atoms with Crippen LogP contribution in [0.25, 0.3) is 0 Å². The van der Waals surface area contributed by atoms with Gasteiger partial charge < -0.3 is 9.84 Å². The van der Waals surface area contributed by atoms with Crippen molar-refractivity contribution in [2.75, 3.05) is 26.5 Å². The summed E-state index contributed by atoms with van der Waals surface area (Å²) in [5.41, 5.74) is 0. The highest BCUT2D eigenvalue weighted by molar-refractivity contribution is 7.96. The van der Waals surface area contributed by atoms with Crippen LogP contribution in [0.1, 0.15) is 12.8 Å². The molecule has 1 N–H and O–H groups in total. The molecule has 0 spiro atoms. The van der Waals surface area contributed by atoms with Crippen molar-refractivity contribution in [2.24, 2.45) is 0 Å². The number of aliphatic hydroxyl groups excluding tert-OH is 1. The van der Waals surface area contributed by atoms with Crippen LogP contribution in [0.3, 0.4) is 0 Å². The molecule has 1 aliphatic heterocycles. The topological polar surface area (TPSA) is 32.7 Å². The molecule has 3 nitrogen and oxygen atoms in total. The first-order valence-electron chi connectivity index (χ1n) is 4.26. The van der Waals surface area contributed by atoms with Crippen molar-refractivity contribution in [3.05, 3.63) is 0 Å². The normalized spacial score (nSPS) is 32.2. The summed E-state index contributed by atoms with van der Waals surface area (Å²) in [6.45, 7) is 1.19. The van der Waals surface area contributed by atoms with E-state index < -0.39 is 0 Å². The maximum atomic E-state index is 9.06.